The summed E-state index contributed by atoms with van der Waals surface area (Å²) in [6, 6.07) is 11.4. The fourth-order valence-corrected chi connectivity index (χ4v) is 6.56. The lowest BCUT2D eigenvalue weighted by Crippen LogP contribution is -2.45. The highest BCUT2D eigenvalue weighted by molar-refractivity contribution is 7.89. The number of sulfonamides is 1. The van der Waals surface area contributed by atoms with Crippen molar-refractivity contribution in [1.29, 1.82) is 0 Å². The van der Waals surface area contributed by atoms with Crippen molar-refractivity contribution in [2.75, 3.05) is 26.3 Å². The van der Waals surface area contributed by atoms with Crippen molar-refractivity contribution in [3.63, 3.8) is 0 Å². The van der Waals surface area contributed by atoms with Gasteiger partial charge in [0.05, 0.1) is 11.5 Å². The molecule has 2 aromatic rings. The van der Waals surface area contributed by atoms with Crippen LogP contribution in [0.15, 0.2) is 41.3 Å². The van der Waals surface area contributed by atoms with Crippen molar-refractivity contribution in [2.24, 2.45) is 5.41 Å². The van der Waals surface area contributed by atoms with Crippen LogP contribution in [0.3, 0.4) is 0 Å². The minimum Gasteiger partial charge on any atom is -0.494 e. The SMILES string of the molecule is Cc1cc(S(=O)(=O)N2CCC(CO)(CCOc3ccccc3)CC2)c(C)s1. The van der Waals surface area contributed by atoms with Gasteiger partial charge in [-0.1, -0.05) is 18.2 Å². The molecule has 7 heteroatoms. The molecule has 1 fully saturated rings. The molecule has 0 saturated carbocycles. The van der Waals surface area contributed by atoms with Crippen molar-refractivity contribution in [1.82, 2.24) is 4.31 Å². The average Bonchev–Trinajstić information content (AvgIpc) is 3.02. The summed E-state index contributed by atoms with van der Waals surface area (Å²) < 4.78 is 33.3. The van der Waals surface area contributed by atoms with Gasteiger partial charge in [-0.15, -0.1) is 11.3 Å². The normalized spacial score (nSPS) is 17.7. The molecule has 2 heterocycles. The molecule has 1 aliphatic rings. The number of ether oxygens (including phenoxy) is 1. The van der Waals surface area contributed by atoms with E-state index in [9.17, 15) is 13.5 Å². The van der Waals surface area contributed by atoms with Gasteiger partial charge in [0.25, 0.3) is 0 Å². The predicted molar refractivity (Wildman–Crippen MR) is 108 cm³/mol. The Morgan fingerprint density at radius 2 is 1.85 bits per heavy atom. The highest BCUT2D eigenvalue weighted by Gasteiger charge is 2.38. The van der Waals surface area contributed by atoms with Crippen LogP contribution in [0.1, 0.15) is 29.0 Å². The van der Waals surface area contributed by atoms with E-state index in [-0.39, 0.29) is 12.0 Å². The van der Waals surface area contributed by atoms with Crippen LogP contribution >= 0.6 is 11.3 Å². The third-order valence-corrected chi connectivity index (χ3v) is 8.50. The quantitative estimate of drug-likeness (QED) is 0.759. The summed E-state index contributed by atoms with van der Waals surface area (Å²) in [6.45, 7) is 5.21. The molecule has 148 valence electrons. The third-order valence-electron chi connectivity index (χ3n) is 5.38. The van der Waals surface area contributed by atoms with E-state index in [0.29, 0.717) is 43.9 Å². The summed E-state index contributed by atoms with van der Waals surface area (Å²) in [4.78, 5) is 2.27. The Kier molecular flexibility index (Phi) is 6.25. The van der Waals surface area contributed by atoms with Crippen LogP contribution in [0.2, 0.25) is 0 Å². The zero-order valence-electron chi connectivity index (χ0n) is 15.8. The van der Waals surface area contributed by atoms with Gasteiger partial charge in [-0.25, -0.2) is 8.42 Å². The lowest BCUT2D eigenvalue weighted by atomic mass is 9.77. The molecule has 1 aliphatic heterocycles. The van der Waals surface area contributed by atoms with E-state index in [1.807, 2.05) is 44.2 Å². The number of piperidine rings is 1. The van der Waals surface area contributed by atoms with E-state index in [0.717, 1.165) is 15.5 Å². The molecule has 1 aromatic carbocycles. The molecular weight excluding hydrogens is 382 g/mol. The van der Waals surface area contributed by atoms with Crippen molar-refractivity contribution in [3.8, 4) is 5.75 Å². The number of hydrogen-bond acceptors (Lipinski definition) is 5. The Morgan fingerprint density at radius 3 is 2.41 bits per heavy atom. The van der Waals surface area contributed by atoms with Crippen molar-refractivity contribution >= 4 is 21.4 Å². The number of benzene rings is 1. The number of thiophene rings is 1. The smallest absolute Gasteiger partial charge is 0.244 e. The van der Waals surface area contributed by atoms with Gasteiger partial charge in [0.2, 0.25) is 10.0 Å². The summed E-state index contributed by atoms with van der Waals surface area (Å²) in [7, 11) is -3.46. The van der Waals surface area contributed by atoms with E-state index in [1.54, 1.807) is 10.4 Å². The average molecular weight is 410 g/mol. The minimum absolute atomic E-state index is 0.0512. The molecule has 27 heavy (non-hydrogen) atoms. The maximum atomic E-state index is 13.0. The predicted octanol–water partition coefficient (Wildman–Crippen LogP) is 3.60. The minimum atomic E-state index is -3.46. The summed E-state index contributed by atoms with van der Waals surface area (Å²) in [6.07, 6.45) is 2.00. The van der Waals surface area contributed by atoms with Crippen LogP contribution in [0, 0.1) is 19.3 Å². The maximum absolute atomic E-state index is 13.0. The third kappa shape index (κ3) is 4.54. The number of nitrogens with zero attached hydrogens (tertiary/aromatic N) is 1. The summed E-state index contributed by atoms with van der Waals surface area (Å²) in [5, 5.41) is 9.97. The van der Waals surface area contributed by atoms with Crippen LogP contribution in [-0.4, -0.2) is 44.1 Å². The van der Waals surface area contributed by atoms with Crippen LogP contribution in [0.5, 0.6) is 5.75 Å². The molecule has 0 atom stereocenters. The fraction of sp³-hybridized carbons (Fsp3) is 0.500. The molecule has 1 saturated heterocycles. The molecule has 1 aromatic heterocycles. The first-order valence-corrected chi connectivity index (χ1v) is 11.5. The first-order valence-electron chi connectivity index (χ1n) is 9.22. The van der Waals surface area contributed by atoms with E-state index in [4.69, 9.17) is 4.74 Å². The molecule has 0 radical (unpaired) electrons. The van der Waals surface area contributed by atoms with Crippen molar-refractivity contribution < 1.29 is 18.3 Å². The van der Waals surface area contributed by atoms with Crippen LogP contribution in [0.25, 0.3) is 0 Å². The second-order valence-electron chi connectivity index (χ2n) is 7.25. The summed E-state index contributed by atoms with van der Waals surface area (Å²) in [5.74, 6) is 0.814. The van der Waals surface area contributed by atoms with Gasteiger partial charge < -0.3 is 9.84 Å². The molecular formula is C20H27NO4S2. The topological polar surface area (TPSA) is 66.8 Å². The summed E-state index contributed by atoms with van der Waals surface area (Å²) in [5.41, 5.74) is -0.277. The van der Waals surface area contributed by atoms with E-state index < -0.39 is 10.0 Å². The van der Waals surface area contributed by atoms with Crippen molar-refractivity contribution in [3.05, 3.63) is 46.2 Å². The van der Waals surface area contributed by atoms with E-state index in [2.05, 4.69) is 0 Å². The number of para-hydroxylation sites is 1. The second-order valence-corrected chi connectivity index (χ2v) is 10.6. The number of hydrogen-bond donors (Lipinski definition) is 1. The van der Waals surface area contributed by atoms with Gasteiger partial charge in [-0.2, -0.15) is 4.31 Å². The zero-order chi connectivity index (χ0) is 19.5. The number of aryl methyl sites for hydroxylation is 2. The molecule has 1 N–H and O–H groups in total. The van der Waals surface area contributed by atoms with E-state index in [1.165, 1.54) is 11.3 Å². The highest BCUT2D eigenvalue weighted by atomic mass is 32.2. The van der Waals surface area contributed by atoms with Gasteiger partial charge in [0, 0.05) is 29.5 Å². The van der Waals surface area contributed by atoms with Gasteiger partial charge in [0.15, 0.2) is 0 Å². The Bertz CT molecular complexity index is 853. The van der Waals surface area contributed by atoms with Crippen LogP contribution in [-0.2, 0) is 10.0 Å². The first-order chi connectivity index (χ1) is 12.9. The fourth-order valence-electron chi connectivity index (χ4n) is 3.59. The first kappa shape index (κ1) is 20.3. The monoisotopic (exact) mass is 409 g/mol. The molecule has 3 rings (SSSR count). The standard InChI is InChI=1S/C20H27NO4S2/c1-16-14-19(17(2)26-16)27(23,24)21-11-8-20(15-22,9-12-21)10-13-25-18-6-4-3-5-7-18/h3-7,14,22H,8-13,15H2,1-2H3. The maximum Gasteiger partial charge on any atom is 0.244 e. The van der Waals surface area contributed by atoms with E-state index >= 15 is 0 Å². The molecule has 5 nitrogen and oxygen atoms in total. The zero-order valence-corrected chi connectivity index (χ0v) is 17.5. The van der Waals surface area contributed by atoms with Gasteiger partial charge in [-0.3, -0.25) is 0 Å². The lowest BCUT2D eigenvalue weighted by Gasteiger charge is -2.40. The second kappa shape index (κ2) is 8.31. The largest absolute Gasteiger partial charge is 0.494 e. The molecule has 0 aliphatic carbocycles. The molecule has 0 spiro atoms. The van der Waals surface area contributed by atoms with Gasteiger partial charge >= 0.3 is 0 Å². The number of aliphatic hydroxyl groups excluding tert-OH is 1. The molecule has 0 bridgehead atoms. The molecule has 0 amide bonds. The van der Waals surface area contributed by atoms with Crippen molar-refractivity contribution in [2.45, 2.75) is 38.0 Å². The molecule has 0 unspecified atom stereocenters. The van der Waals surface area contributed by atoms with Crippen LogP contribution in [0.4, 0.5) is 0 Å². The Labute approximate surface area is 165 Å². The number of rotatable bonds is 7. The number of aliphatic hydroxyl groups is 1. The van der Waals surface area contributed by atoms with Crippen LogP contribution < -0.4 is 4.74 Å². The lowest BCUT2D eigenvalue weighted by molar-refractivity contribution is 0.0471. The van der Waals surface area contributed by atoms with Gasteiger partial charge in [-0.05, 0) is 56.7 Å². The Hall–Kier alpha value is -1.41. The Morgan fingerprint density at radius 1 is 1.19 bits per heavy atom. The highest BCUT2D eigenvalue weighted by Crippen LogP contribution is 2.37. The Balaban J connectivity index is 1.61. The summed E-state index contributed by atoms with van der Waals surface area (Å²) >= 11 is 1.51. The van der Waals surface area contributed by atoms with Gasteiger partial charge in [0.1, 0.15) is 5.75 Å².